The third kappa shape index (κ3) is 7.75. The second-order valence-electron chi connectivity index (χ2n) is 6.17. The summed E-state index contributed by atoms with van der Waals surface area (Å²) in [4.78, 5) is 4.80. The summed E-state index contributed by atoms with van der Waals surface area (Å²) in [6, 6.07) is 14.3. The molecular formula is C20H27FIN3O2S. The SMILES string of the molecule is CCNC(=NCc1ccc(F)cc1)NC(CC)CS(=O)(=O)c1ccccc1.I. The van der Waals surface area contributed by atoms with Crippen molar-refractivity contribution in [2.24, 2.45) is 4.99 Å². The molecule has 8 heteroatoms. The summed E-state index contributed by atoms with van der Waals surface area (Å²) >= 11 is 0. The van der Waals surface area contributed by atoms with E-state index in [-0.39, 0.29) is 41.6 Å². The van der Waals surface area contributed by atoms with Crippen LogP contribution in [-0.4, -0.2) is 32.7 Å². The van der Waals surface area contributed by atoms with E-state index in [1.807, 2.05) is 13.8 Å². The molecule has 2 rings (SSSR count). The predicted octanol–water partition coefficient (Wildman–Crippen LogP) is 3.75. The van der Waals surface area contributed by atoms with Gasteiger partial charge in [0.05, 0.1) is 17.2 Å². The third-order valence-electron chi connectivity index (χ3n) is 4.03. The molecule has 5 nitrogen and oxygen atoms in total. The Morgan fingerprint density at radius 3 is 2.29 bits per heavy atom. The second kappa shape index (κ2) is 12.0. The summed E-state index contributed by atoms with van der Waals surface area (Å²) < 4.78 is 38.2. The maximum absolute atomic E-state index is 13.0. The van der Waals surface area contributed by atoms with E-state index in [1.54, 1.807) is 42.5 Å². The van der Waals surface area contributed by atoms with Crippen LogP contribution in [0.4, 0.5) is 4.39 Å². The Hall–Kier alpha value is -1.68. The Labute approximate surface area is 183 Å². The summed E-state index contributed by atoms with van der Waals surface area (Å²) in [5.41, 5.74) is 0.874. The molecule has 0 saturated carbocycles. The Bertz CT molecular complexity index is 844. The van der Waals surface area contributed by atoms with Crippen molar-refractivity contribution in [2.45, 2.75) is 37.8 Å². The third-order valence-corrected chi connectivity index (χ3v) is 5.87. The zero-order valence-electron chi connectivity index (χ0n) is 16.1. The van der Waals surface area contributed by atoms with Gasteiger partial charge in [0.15, 0.2) is 15.8 Å². The molecule has 0 aliphatic carbocycles. The van der Waals surface area contributed by atoms with Gasteiger partial charge in [-0.25, -0.2) is 17.8 Å². The van der Waals surface area contributed by atoms with Crippen molar-refractivity contribution in [3.8, 4) is 0 Å². The second-order valence-corrected chi connectivity index (χ2v) is 8.20. The van der Waals surface area contributed by atoms with Gasteiger partial charge in [0.25, 0.3) is 0 Å². The normalized spacial score (nSPS) is 12.8. The van der Waals surface area contributed by atoms with Crippen molar-refractivity contribution in [2.75, 3.05) is 12.3 Å². The predicted molar refractivity (Wildman–Crippen MR) is 122 cm³/mol. The number of guanidine groups is 1. The molecule has 2 N–H and O–H groups in total. The Morgan fingerprint density at radius 2 is 1.71 bits per heavy atom. The molecular weight excluding hydrogens is 492 g/mol. The number of hydrogen-bond acceptors (Lipinski definition) is 3. The molecule has 1 atom stereocenters. The highest BCUT2D eigenvalue weighted by atomic mass is 127. The lowest BCUT2D eigenvalue weighted by Crippen LogP contribution is -2.46. The van der Waals surface area contributed by atoms with E-state index in [4.69, 9.17) is 0 Å². The summed E-state index contributed by atoms with van der Waals surface area (Å²) in [5.74, 6) is 0.232. The smallest absolute Gasteiger partial charge is 0.191 e. The fraction of sp³-hybridized carbons (Fsp3) is 0.350. The number of benzene rings is 2. The van der Waals surface area contributed by atoms with Crippen LogP contribution in [0, 0.1) is 5.82 Å². The quantitative estimate of drug-likeness (QED) is 0.317. The molecule has 2 aromatic carbocycles. The minimum Gasteiger partial charge on any atom is -0.357 e. The highest BCUT2D eigenvalue weighted by molar-refractivity contribution is 14.0. The number of hydrogen-bond donors (Lipinski definition) is 2. The number of halogens is 2. The van der Waals surface area contributed by atoms with E-state index in [0.717, 1.165) is 5.56 Å². The summed E-state index contributed by atoms with van der Waals surface area (Å²) in [6.45, 7) is 4.90. The fourth-order valence-electron chi connectivity index (χ4n) is 2.52. The van der Waals surface area contributed by atoms with Crippen molar-refractivity contribution in [3.05, 3.63) is 66.0 Å². The molecule has 0 fully saturated rings. The van der Waals surface area contributed by atoms with Crippen LogP contribution in [0.2, 0.25) is 0 Å². The van der Waals surface area contributed by atoms with Gasteiger partial charge in [0.2, 0.25) is 0 Å². The van der Waals surface area contributed by atoms with E-state index in [9.17, 15) is 12.8 Å². The van der Waals surface area contributed by atoms with Gasteiger partial charge in [-0.05, 0) is 43.2 Å². The van der Waals surface area contributed by atoms with Crippen molar-refractivity contribution in [3.63, 3.8) is 0 Å². The first kappa shape index (κ1) is 24.4. The number of nitrogens with zero attached hydrogens (tertiary/aromatic N) is 1. The molecule has 0 amide bonds. The Morgan fingerprint density at radius 1 is 1.07 bits per heavy atom. The van der Waals surface area contributed by atoms with Crippen molar-refractivity contribution in [1.29, 1.82) is 0 Å². The van der Waals surface area contributed by atoms with Gasteiger partial charge in [-0.2, -0.15) is 0 Å². The number of rotatable bonds is 8. The molecule has 0 aromatic heterocycles. The van der Waals surface area contributed by atoms with Crippen LogP contribution in [0.1, 0.15) is 25.8 Å². The lowest BCUT2D eigenvalue weighted by Gasteiger charge is -2.20. The van der Waals surface area contributed by atoms with Crippen molar-refractivity contribution >= 4 is 39.8 Å². The van der Waals surface area contributed by atoms with Crippen LogP contribution < -0.4 is 10.6 Å². The fourth-order valence-corrected chi connectivity index (χ4v) is 4.14. The van der Waals surface area contributed by atoms with Crippen LogP contribution >= 0.6 is 24.0 Å². The molecule has 0 radical (unpaired) electrons. The maximum atomic E-state index is 13.0. The molecule has 1 unspecified atom stereocenters. The zero-order chi connectivity index (χ0) is 19.7. The van der Waals surface area contributed by atoms with Crippen LogP contribution in [-0.2, 0) is 16.4 Å². The van der Waals surface area contributed by atoms with Gasteiger partial charge in [-0.3, -0.25) is 0 Å². The Kier molecular flexibility index (Phi) is 10.4. The molecule has 154 valence electrons. The van der Waals surface area contributed by atoms with Crippen LogP contribution in [0.15, 0.2) is 64.5 Å². The lowest BCUT2D eigenvalue weighted by atomic mass is 10.2. The molecule has 0 saturated heterocycles. The van der Waals surface area contributed by atoms with E-state index in [1.165, 1.54) is 12.1 Å². The number of sulfone groups is 1. The molecule has 28 heavy (non-hydrogen) atoms. The monoisotopic (exact) mass is 519 g/mol. The van der Waals surface area contributed by atoms with Gasteiger partial charge in [0, 0.05) is 12.6 Å². The summed E-state index contributed by atoms with van der Waals surface area (Å²) in [7, 11) is -3.39. The van der Waals surface area contributed by atoms with Gasteiger partial charge in [0.1, 0.15) is 5.82 Å². The number of nitrogens with one attached hydrogen (secondary N) is 2. The summed E-state index contributed by atoms with van der Waals surface area (Å²) in [6.07, 6.45) is 0.632. The Balaban J connectivity index is 0.00000392. The molecule has 0 bridgehead atoms. The van der Waals surface area contributed by atoms with Crippen molar-refractivity contribution in [1.82, 2.24) is 10.6 Å². The van der Waals surface area contributed by atoms with E-state index < -0.39 is 9.84 Å². The first-order chi connectivity index (χ1) is 12.9. The average molecular weight is 519 g/mol. The summed E-state index contributed by atoms with van der Waals surface area (Å²) in [5, 5.41) is 6.32. The lowest BCUT2D eigenvalue weighted by molar-refractivity contribution is 0.569. The van der Waals surface area contributed by atoms with Crippen LogP contribution in [0.25, 0.3) is 0 Å². The van der Waals surface area contributed by atoms with Crippen molar-refractivity contribution < 1.29 is 12.8 Å². The highest BCUT2D eigenvalue weighted by Crippen LogP contribution is 2.12. The molecule has 2 aromatic rings. The minimum absolute atomic E-state index is 0. The van der Waals surface area contributed by atoms with E-state index >= 15 is 0 Å². The van der Waals surface area contributed by atoms with Gasteiger partial charge >= 0.3 is 0 Å². The molecule has 0 heterocycles. The van der Waals surface area contributed by atoms with Crippen LogP contribution in [0.3, 0.4) is 0 Å². The minimum atomic E-state index is -3.39. The topological polar surface area (TPSA) is 70.6 Å². The van der Waals surface area contributed by atoms with Gasteiger partial charge in [-0.15, -0.1) is 24.0 Å². The maximum Gasteiger partial charge on any atom is 0.191 e. The van der Waals surface area contributed by atoms with E-state index in [2.05, 4.69) is 15.6 Å². The van der Waals surface area contributed by atoms with Gasteiger partial charge in [-0.1, -0.05) is 37.3 Å². The molecule has 0 spiro atoms. The highest BCUT2D eigenvalue weighted by Gasteiger charge is 2.20. The van der Waals surface area contributed by atoms with E-state index in [0.29, 0.717) is 30.4 Å². The van der Waals surface area contributed by atoms with Crippen LogP contribution in [0.5, 0.6) is 0 Å². The molecule has 0 aliphatic heterocycles. The first-order valence-corrected chi connectivity index (χ1v) is 10.7. The largest absolute Gasteiger partial charge is 0.357 e. The molecule has 0 aliphatic rings. The van der Waals surface area contributed by atoms with Gasteiger partial charge < -0.3 is 10.6 Å². The zero-order valence-corrected chi connectivity index (χ0v) is 19.2. The standard InChI is InChI=1S/C20H26FN3O2S.HI/c1-3-18(15-27(25,26)19-8-6-5-7-9-19)24-20(22-4-2)23-14-16-10-12-17(21)13-11-16;/h5-13,18H,3-4,14-15H2,1-2H3,(H2,22,23,24);1H. The first-order valence-electron chi connectivity index (χ1n) is 9.01. The number of aliphatic imine (C=N–C) groups is 1. The average Bonchev–Trinajstić information content (AvgIpc) is 2.67.